The fourth-order valence-corrected chi connectivity index (χ4v) is 3.52. The minimum absolute atomic E-state index is 0.0461. The van der Waals surface area contributed by atoms with Crippen LogP contribution in [0, 0.1) is 0 Å². The SMILES string of the molecule is CC1CC(C)(O[Si](C)(C)C(C)(C)C)C(=O)N1. The molecule has 0 saturated carbocycles. The largest absolute Gasteiger partial charge is 0.403 e. The standard InChI is InChI=1S/C12H25NO2Si/c1-9-8-12(5,10(14)13-9)15-16(6,7)11(2,3)4/h9H,8H2,1-7H3,(H,13,14). The summed E-state index contributed by atoms with van der Waals surface area (Å²) in [6.45, 7) is 14.9. The van der Waals surface area contributed by atoms with Gasteiger partial charge in [0.25, 0.3) is 5.91 Å². The number of carbonyl (C=O) groups excluding carboxylic acids is 1. The monoisotopic (exact) mass is 243 g/mol. The minimum atomic E-state index is -1.87. The van der Waals surface area contributed by atoms with Crippen LogP contribution < -0.4 is 5.32 Å². The van der Waals surface area contributed by atoms with Crippen molar-refractivity contribution >= 4 is 14.2 Å². The summed E-state index contributed by atoms with van der Waals surface area (Å²) in [5.74, 6) is 0.0461. The number of hydrogen-bond acceptors (Lipinski definition) is 2. The molecule has 1 saturated heterocycles. The minimum Gasteiger partial charge on any atom is -0.403 e. The van der Waals surface area contributed by atoms with Crippen LogP contribution in [0.25, 0.3) is 0 Å². The Balaban J connectivity index is 2.85. The van der Waals surface area contributed by atoms with Crippen molar-refractivity contribution in [3.8, 4) is 0 Å². The first-order chi connectivity index (χ1) is 6.98. The number of hydrogen-bond donors (Lipinski definition) is 1. The van der Waals surface area contributed by atoms with Gasteiger partial charge in [0.05, 0.1) is 0 Å². The van der Waals surface area contributed by atoms with E-state index in [9.17, 15) is 4.79 Å². The van der Waals surface area contributed by atoms with Gasteiger partial charge in [-0.25, -0.2) is 0 Å². The molecule has 0 aromatic carbocycles. The first kappa shape index (κ1) is 13.7. The Labute approximate surface area is 100 Å². The normalized spacial score (nSPS) is 31.7. The molecule has 0 radical (unpaired) electrons. The first-order valence-corrected chi connectivity index (χ1v) is 8.90. The molecule has 0 aromatic heterocycles. The lowest BCUT2D eigenvalue weighted by atomic mass is 10.0. The molecular weight excluding hydrogens is 218 g/mol. The zero-order valence-corrected chi connectivity index (χ0v) is 12.6. The van der Waals surface area contributed by atoms with Gasteiger partial charge < -0.3 is 9.74 Å². The van der Waals surface area contributed by atoms with Crippen molar-refractivity contribution in [1.82, 2.24) is 5.32 Å². The molecule has 1 rings (SSSR count). The molecule has 2 atom stereocenters. The van der Waals surface area contributed by atoms with Gasteiger partial charge in [-0.15, -0.1) is 0 Å². The van der Waals surface area contributed by atoms with E-state index in [4.69, 9.17) is 4.43 Å². The Morgan fingerprint density at radius 3 is 2.25 bits per heavy atom. The number of carbonyl (C=O) groups is 1. The van der Waals surface area contributed by atoms with E-state index in [1.54, 1.807) is 0 Å². The van der Waals surface area contributed by atoms with Crippen LogP contribution in [0.1, 0.15) is 41.0 Å². The van der Waals surface area contributed by atoms with E-state index in [0.29, 0.717) is 0 Å². The van der Waals surface area contributed by atoms with Gasteiger partial charge >= 0.3 is 0 Å². The molecule has 1 aliphatic heterocycles. The maximum absolute atomic E-state index is 11.9. The van der Waals surface area contributed by atoms with Gasteiger partial charge in [-0.05, 0) is 32.0 Å². The van der Waals surface area contributed by atoms with Crippen molar-refractivity contribution in [2.24, 2.45) is 0 Å². The summed E-state index contributed by atoms with van der Waals surface area (Å²) in [5, 5.41) is 3.08. The van der Waals surface area contributed by atoms with E-state index < -0.39 is 13.9 Å². The molecule has 2 unspecified atom stereocenters. The molecule has 1 N–H and O–H groups in total. The van der Waals surface area contributed by atoms with E-state index in [1.807, 2.05) is 13.8 Å². The van der Waals surface area contributed by atoms with Crippen LogP contribution in [0.15, 0.2) is 0 Å². The van der Waals surface area contributed by atoms with Crippen LogP contribution >= 0.6 is 0 Å². The fraction of sp³-hybridized carbons (Fsp3) is 0.917. The van der Waals surface area contributed by atoms with Crippen LogP contribution in [0.3, 0.4) is 0 Å². The molecule has 3 nitrogen and oxygen atoms in total. The van der Waals surface area contributed by atoms with E-state index in [-0.39, 0.29) is 17.0 Å². The van der Waals surface area contributed by atoms with Crippen LogP contribution in [-0.4, -0.2) is 25.9 Å². The predicted octanol–water partition coefficient (Wildman–Crippen LogP) is 2.68. The number of rotatable bonds is 2. The summed E-state index contributed by atoms with van der Waals surface area (Å²) in [7, 11) is -1.87. The van der Waals surface area contributed by atoms with Crippen molar-refractivity contribution in [3.63, 3.8) is 0 Å². The highest BCUT2D eigenvalue weighted by Crippen LogP contribution is 2.41. The van der Waals surface area contributed by atoms with E-state index in [1.165, 1.54) is 0 Å². The van der Waals surface area contributed by atoms with E-state index in [2.05, 4.69) is 39.2 Å². The summed E-state index contributed by atoms with van der Waals surface area (Å²) >= 11 is 0. The maximum Gasteiger partial charge on any atom is 0.251 e. The highest BCUT2D eigenvalue weighted by atomic mass is 28.4. The molecule has 0 aromatic rings. The lowest BCUT2D eigenvalue weighted by Gasteiger charge is -2.41. The summed E-state index contributed by atoms with van der Waals surface area (Å²) in [4.78, 5) is 11.9. The summed E-state index contributed by atoms with van der Waals surface area (Å²) < 4.78 is 6.26. The third-order valence-corrected chi connectivity index (χ3v) is 8.41. The van der Waals surface area contributed by atoms with Gasteiger partial charge in [-0.2, -0.15) is 0 Å². The molecule has 16 heavy (non-hydrogen) atoms. The average Bonchev–Trinajstić information content (AvgIpc) is 2.21. The Morgan fingerprint density at radius 1 is 1.44 bits per heavy atom. The molecule has 4 heteroatoms. The van der Waals surface area contributed by atoms with E-state index >= 15 is 0 Å². The molecule has 1 aliphatic rings. The van der Waals surface area contributed by atoms with Crippen molar-refractivity contribution < 1.29 is 9.22 Å². The fourth-order valence-electron chi connectivity index (χ4n) is 1.91. The highest BCUT2D eigenvalue weighted by molar-refractivity contribution is 6.74. The Kier molecular flexibility index (Phi) is 3.29. The summed E-state index contributed by atoms with van der Waals surface area (Å²) in [5.41, 5.74) is -0.623. The lowest BCUT2D eigenvalue weighted by Crippen LogP contribution is -2.51. The van der Waals surface area contributed by atoms with Crippen LogP contribution in [-0.2, 0) is 9.22 Å². The van der Waals surface area contributed by atoms with Gasteiger partial charge in [-0.3, -0.25) is 4.79 Å². The second kappa shape index (κ2) is 3.84. The van der Waals surface area contributed by atoms with Crippen LogP contribution in [0.5, 0.6) is 0 Å². The Bertz CT molecular complexity index is 296. The zero-order valence-electron chi connectivity index (χ0n) is 11.6. The third kappa shape index (κ3) is 2.48. The second-order valence-electron chi connectivity index (χ2n) is 6.67. The van der Waals surface area contributed by atoms with Gasteiger partial charge in [0.2, 0.25) is 0 Å². The topological polar surface area (TPSA) is 38.3 Å². The molecular formula is C12H25NO2Si. The maximum atomic E-state index is 11.9. The van der Waals surface area contributed by atoms with E-state index in [0.717, 1.165) is 6.42 Å². The summed E-state index contributed by atoms with van der Waals surface area (Å²) in [6.07, 6.45) is 0.776. The summed E-state index contributed by atoms with van der Waals surface area (Å²) in [6, 6.07) is 0.224. The van der Waals surface area contributed by atoms with Gasteiger partial charge in [0.1, 0.15) is 5.60 Å². The third-order valence-electron chi connectivity index (χ3n) is 3.84. The predicted molar refractivity (Wildman–Crippen MR) is 68.9 cm³/mol. The van der Waals surface area contributed by atoms with Crippen LogP contribution in [0.4, 0.5) is 0 Å². The molecule has 1 heterocycles. The zero-order chi connectivity index (χ0) is 12.8. The molecule has 0 bridgehead atoms. The van der Waals surface area contributed by atoms with Crippen molar-refractivity contribution in [1.29, 1.82) is 0 Å². The smallest absolute Gasteiger partial charge is 0.251 e. The Morgan fingerprint density at radius 2 is 1.94 bits per heavy atom. The second-order valence-corrected chi connectivity index (χ2v) is 11.4. The van der Waals surface area contributed by atoms with Crippen molar-refractivity contribution in [3.05, 3.63) is 0 Å². The molecule has 94 valence electrons. The van der Waals surface area contributed by atoms with Gasteiger partial charge in [0, 0.05) is 12.5 Å². The quantitative estimate of drug-likeness (QED) is 0.757. The highest BCUT2D eigenvalue weighted by Gasteiger charge is 2.49. The average molecular weight is 243 g/mol. The van der Waals surface area contributed by atoms with Crippen molar-refractivity contribution in [2.45, 2.75) is 70.8 Å². The van der Waals surface area contributed by atoms with Crippen LogP contribution in [0.2, 0.25) is 18.1 Å². The lowest BCUT2D eigenvalue weighted by molar-refractivity contribution is -0.132. The molecule has 1 amide bonds. The Hall–Kier alpha value is -0.353. The van der Waals surface area contributed by atoms with Gasteiger partial charge in [0.15, 0.2) is 8.32 Å². The molecule has 0 spiro atoms. The molecule has 1 fully saturated rings. The van der Waals surface area contributed by atoms with Crippen molar-refractivity contribution in [2.75, 3.05) is 0 Å². The number of nitrogens with one attached hydrogen (secondary N) is 1. The number of amides is 1. The van der Waals surface area contributed by atoms with Gasteiger partial charge in [-0.1, -0.05) is 20.8 Å². The first-order valence-electron chi connectivity index (χ1n) is 5.99. The molecule has 0 aliphatic carbocycles.